The first-order valence-corrected chi connectivity index (χ1v) is 11.6. The van der Waals surface area contributed by atoms with Crippen molar-refractivity contribution in [1.29, 1.82) is 0 Å². The van der Waals surface area contributed by atoms with E-state index >= 15 is 0 Å². The molecule has 8 nitrogen and oxygen atoms in total. The third-order valence-corrected chi connectivity index (χ3v) is 8.29. The lowest BCUT2D eigenvalue weighted by Crippen LogP contribution is -2.48. The topological polar surface area (TPSA) is 83.1 Å². The van der Waals surface area contributed by atoms with E-state index in [1.807, 2.05) is 12.1 Å². The van der Waals surface area contributed by atoms with Crippen molar-refractivity contribution in [3.05, 3.63) is 28.8 Å². The molecule has 152 valence electrons. The van der Waals surface area contributed by atoms with E-state index in [0.717, 1.165) is 28.6 Å². The Morgan fingerprint density at radius 1 is 1.25 bits per heavy atom. The van der Waals surface area contributed by atoms with Crippen molar-refractivity contribution >= 4 is 37.7 Å². The molecule has 28 heavy (non-hydrogen) atoms. The molecule has 0 saturated carbocycles. The summed E-state index contributed by atoms with van der Waals surface area (Å²) in [7, 11) is -0.101. The van der Waals surface area contributed by atoms with Crippen LogP contribution in [0.5, 0.6) is 0 Å². The maximum absolute atomic E-state index is 13.0. The highest BCUT2D eigenvalue weighted by molar-refractivity contribution is 7.86. The van der Waals surface area contributed by atoms with Crippen LogP contribution in [0.15, 0.2) is 18.3 Å². The van der Waals surface area contributed by atoms with E-state index in [2.05, 4.69) is 4.98 Å². The second-order valence-electron chi connectivity index (χ2n) is 7.23. The predicted octanol–water partition coefficient (Wildman–Crippen LogP) is 1.71. The Balaban J connectivity index is 1.71. The molecule has 0 unspecified atom stereocenters. The van der Waals surface area contributed by atoms with Gasteiger partial charge in [-0.05, 0) is 18.9 Å². The number of thiophene rings is 1. The maximum Gasteiger partial charge on any atom is 0.282 e. The molecular formula is C18H24N4O4S2. The van der Waals surface area contributed by atoms with Gasteiger partial charge >= 0.3 is 0 Å². The number of hydrogen-bond donors (Lipinski definition) is 0. The van der Waals surface area contributed by atoms with Crippen LogP contribution in [0.3, 0.4) is 0 Å². The average Bonchev–Trinajstić information content (AvgIpc) is 3.35. The first-order valence-electron chi connectivity index (χ1n) is 9.35. The van der Waals surface area contributed by atoms with Gasteiger partial charge in [0.1, 0.15) is 9.71 Å². The van der Waals surface area contributed by atoms with Crippen LogP contribution in [0.4, 0.5) is 0 Å². The fourth-order valence-electron chi connectivity index (χ4n) is 3.72. The Labute approximate surface area is 168 Å². The van der Waals surface area contributed by atoms with E-state index in [0.29, 0.717) is 31.1 Å². The zero-order chi connectivity index (χ0) is 19.9. The smallest absolute Gasteiger partial charge is 0.282 e. The van der Waals surface area contributed by atoms with Crippen LogP contribution >= 0.6 is 11.3 Å². The molecule has 1 amide bonds. The lowest BCUT2D eigenvalue weighted by molar-refractivity contribution is -0.00358. The maximum atomic E-state index is 13.0. The molecule has 0 aliphatic carbocycles. The molecule has 2 aliphatic heterocycles. The van der Waals surface area contributed by atoms with Crippen LogP contribution in [-0.4, -0.2) is 79.7 Å². The number of fused-ring (bicyclic) bond motifs is 1. The molecule has 2 aromatic rings. The average molecular weight is 425 g/mol. The highest BCUT2D eigenvalue weighted by Gasteiger charge is 2.38. The number of amides is 1. The van der Waals surface area contributed by atoms with Crippen molar-refractivity contribution in [3.63, 3.8) is 0 Å². The molecule has 10 heteroatoms. The largest absolute Gasteiger partial charge is 0.371 e. The second kappa shape index (κ2) is 7.68. The summed E-state index contributed by atoms with van der Waals surface area (Å²) in [6, 6.07) is 3.74. The number of hydrogen-bond acceptors (Lipinski definition) is 6. The number of morpholine rings is 1. The number of nitrogens with zero attached hydrogens (tertiary/aromatic N) is 4. The van der Waals surface area contributed by atoms with Gasteiger partial charge in [0.25, 0.3) is 16.1 Å². The minimum absolute atomic E-state index is 0.124. The fraction of sp³-hybridized carbons (Fsp3) is 0.556. The third kappa shape index (κ3) is 3.43. The summed E-state index contributed by atoms with van der Waals surface area (Å²) in [6.45, 7) is 1.96. The van der Waals surface area contributed by atoms with Gasteiger partial charge in [-0.2, -0.15) is 17.0 Å². The SMILES string of the molecule is CN(C)C(=O)c1sc2ncccc2c1[C@H]1CN(S(=O)(=O)N2CCCC2)CCO1. The molecule has 0 bridgehead atoms. The number of rotatable bonds is 4. The first-order chi connectivity index (χ1) is 13.4. The molecule has 2 fully saturated rings. The zero-order valence-corrected chi connectivity index (χ0v) is 17.6. The van der Waals surface area contributed by atoms with E-state index in [-0.39, 0.29) is 12.5 Å². The quantitative estimate of drug-likeness (QED) is 0.746. The predicted molar refractivity (Wildman–Crippen MR) is 108 cm³/mol. The molecule has 4 rings (SSSR count). The molecule has 0 radical (unpaired) electrons. The van der Waals surface area contributed by atoms with Crippen molar-refractivity contribution < 1.29 is 17.9 Å². The molecule has 2 saturated heterocycles. The Bertz CT molecular complexity index is 983. The Morgan fingerprint density at radius 2 is 2.00 bits per heavy atom. The Hall–Kier alpha value is -1.59. The molecule has 0 spiro atoms. The van der Waals surface area contributed by atoms with E-state index < -0.39 is 16.3 Å². The minimum atomic E-state index is -3.51. The number of carbonyl (C=O) groups excluding carboxylic acids is 1. The van der Waals surface area contributed by atoms with Gasteiger partial charge in [0.15, 0.2) is 0 Å². The van der Waals surface area contributed by atoms with Crippen LogP contribution in [0, 0.1) is 0 Å². The zero-order valence-electron chi connectivity index (χ0n) is 16.0. The summed E-state index contributed by atoms with van der Waals surface area (Å²) in [6.07, 6.45) is 2.99. The lowest BCUT2D eigenvalue weighted by Gasteiger charge is -2.34. The van der Waals surface area contributed by atoms with Gasteiger partial charge in [-0.25, -0.2) is 4.98 Å². The number of aromatic nitrogens is 1. The summed E-state index contributed by atoms with van der Waals surface area (Å²) in [4.78, 5) is 20.0. The van der Waals surface area contributed by atoms with Gasteiger partial charge in [-0.3, -0.25) is 4.79 Å². The first kappa shape index (κ1) is 19.7. The molecule has 2 aromatic heterocycles. The fourth-order valence-corrected chi connectivity index (χ4v) is 6.62. The summed E-state index contributed by atoms with van der Waals surface area (Å²) < 4.78 is 35.0. The molecule has 4 heterocycles. The normalized spacial score (nSPS) is 22.0. The van der Waals surface area contributed by atoms with Crippen molar-refractivity contribution in [2.24, 2.45) is 0 Å². The van der Waals surface area contributed by atoms with Crippen LogP contribution in [0.2, 0.25) is 0 Å². The molecule has 1 atom stereocenters. The summed E-state index contributed by atoms with van der Waals surface area (Å²) in [5, 5.41) is 0.850. The van der Waals surface area contributed by atoms with Gasteiger partial charge in [-0.1, -0.05) is 6.07 Å². The highest BCUT2D eigenvalue weighted by Crippen LogP contribution is 2.38. The van der Waals surface area contributed by atoms with Crippen molar-refractivity contribution in [1.82, 2.24) is 18.5 Å². The molecule has 0 N–H and O–H groups in total. The molecular weight excluding hydrogens is 400 g/mol. The standard InChI is InChI=1S/C18H24N4O4S2/c1-20(2)18(23)16-15(13-6-5-7-19-17(13)27-16)14-12-22(10-11-26-14)28(24,25)21-8-3-4-9-21/h5-7,14H,3-4,8-12H2,1-2H3/t14-/m1/s1. The number of pyridine rings is 1. The van der Waals surface area contributed by atoms with Crippen LogP contribution in [0.1, 0.15) is 34.2 Å². The summed E-state index contributed by atoms with van der Waals surface area (Å²) in [5.74, 6) is -0.124. The lowest BCUT2D eigenvalue weighted by atomic mass is 10.0. The third-order valence-electron chi connectivity index (χ3n) is 5.17. The summed E-state index contributed by atoms with van der Waals surface area (Å²) >= 11 is 1.33. The monoisotopic (exact) mass is 424 g/mol. The van der Waals surface area contributed by atoms with Gasteiger partial charge in [-0.15, -0.1) is 11.3 Å². The van der Waals surface area contributed by atoms with Crippen molar-refractivity contribution in [3.8, 4) is 0 Å². The van der Waals surface area contributed by atoms with Gasteiger partial charge in [0.2, 0.25) is 0 Å². The van der Waals surface area contributed by atoms with Crippen molar-refractivity contribution in [2.75, 3.05) is 46.9 Å². The van der Waals surface area contributed by atoms with Crippen LogP contribution in [-0.2, 0) is 14.9 Å². The van der Waals surface area contributed by atoms with E-state index in [4.69, 9.17) is 4.74 Å². The summed E-state index contributed by atoms with van der Waals surface area (Å²) in [5.41, 5.74) is 0.744. The minimum Gasteiger partial charge on any atom is -0.371 e. The number of carbonyl (C=O) groups is 1. The highest BCUT2D eigenvalue weighted by atomic mass is 32.2. The van der Waals surface area contributed by atoms with Crippen LogP contribution in [0.25, 0.3) is 10.2 Å². The van der Waals surface area contributed by atoms with E-state index in [1.165, 1.54) is 20.5 Å². The Morgan fingerprint density at radius 3 is 2.71 bits per heavy atom. The van der Waals surface area contributed by atoms with Gasteiger partial charge in [0, 0.05) is 57.4 Å². The van der Waals surface area contributed by atoms with Crippen molar-refractivity contribution in [2.45, 2.75) is 18.9 Å². The molecule has 2 aliphatic rings. The van der Waals surface area contributed by atoms with Crippen LogP contribution < -0.4 is 0 Å². The molecule has 0 aromatic carbocycles. The van der Waals surface area contributed by atoms with Gasteiger partial charge in [0.05, 0.1) is 12.7 Å². The van der Waals surface area contributed by atoms with E-state index in [1.54, 1.807) is 24.6 Å². The second-order valence-corrected chi connectivity index (χ2v) is 10.2. The van der Waals surface area contributed by atoms with E-state index in [9.17, 15) is 13.2 Å². The van der Waals surface area contributed by atoms with Gasteiger partial charge < -0.3 is 9.64 Å². The number of ether oxygens (including phenoxy) is 1. The Kier molecular flexibility index (Phi) is 5.41.